The predicted molar refractivity (Wildman–Crippen MR) is 132 cm³/mol. The Kier molecular flexibility index (Phi) is 8.79. The van der Waals surface area contributed by atoms with Gasteiger partial charge in [-0.3, -0.25) is 4.79 Å². The number of carbonyl (C=O) groups excluding carboxylic acids is 2. The van der Waals surface area contributed by atoms with Crippen LogP contribution in [-0.2, 0) is 22.6 Å². The topological polar surface area (TPSA) is 80.3 Å². The second-order valence-corrected chi connectivity index (χ2v) is 10.4. The van der Waals surface area contributed by atoms with Crippen LogP contribution in [0.15, 0.2) is 29.6 Å². The van der Waals surface area contributed by atoms with E-state index in [1.54, 1.807) is 28.2 Å². The number of aryl methyl sites for hydroxylation is 1. The van der Waals surface area contributed by atoms with Crippen LogP contribution in [0.1, 0.15) is 43.2 Å². The predicted octanol–water partition coefficient (Wildman–Crippen LogP) is 4.16. The molecule has 1 aliphatic heterocycles. The van der Waals surface area contributed by atoms with Crippen molar-refractivity contribution in [1.82, 2.24) is 15.1 Å². The number of benzene rings is 1. The van der Waals surface area contributed by atoms with Crippen molar-refractivity contribution >= 4 is 23.3 Å². The van der Waals surface area contributed by atoms with E-state index >= 15 is 0 Å². The van der Waals surface area contributed by atoms with Gasteiger partial charge in [0, 0.05) is 37.2 Å². The van der Waals surface area contributed by atoms with Crippen molar-refractivity contribution in [3.8, 4) is 11.5 Å². The summed E-state index contributed by atoms with van der Waals surface area (Å²) in [6.45, 7) is 9.82. The Hall–Kier alpha value is -2.78. The number of amides is 3. The van der Waals surface area contributed by atoms with Crippen molar-refractivity contribution in [3.05, 3.63) is 45.6 Å². The Morgan fingerprint density at radius 1 is 1.12 bits per heavy atom. The first-order valence-corrected chi connectivity index (χ1v) is 12.3. The van der Waals surface area contributed by atoms with Gasteiger partial charge in [-0.2, -0.15) is 0 Å². The molecule has 1 aliphatic rings. The molecule has 1 aromatic carbocycles. The molecule has 0 bridgehead atoms. The zero-order valence-electron chi connectivity index (χ0n) is 20.7. The lowest BCUT2D eigenvalue weighted by molar-refractivity contribution is -0.133. The third-order valence-electron chi connectivity index (χ3n) is 5.34. The van der Waals surface area contributed by atoms with Crippen molar-refractivity contribution in [1.29, 1.82) is 0 Å². The van der Waals surface area contributed by atoms with E-state index in [1.165, 1.54) is 0 Å². The number of rotatable bonds is 10. The second kappa shape index (κ2) is 11.6. The van der Waals surface area contributed by atoms with Gasteiger partial charge in [-0.25, -0.2) is 4.79 Å². The molecule has 0 radical (unpaired) electrons. The van der Waals surface area contributed by atoms with Crippen molar-refractivity contribution in [3.63, 3.8) is 0 Å². The average Bonchev–Trinajstić information content (AvgIpc) is 3.39. The molecule has 8 nitrogen and oxygen atoms in total. The van der Waals surface area contributed by atoms with Crippen molar-refractivity contribution in [2.45, 2.75) is 52.7 Å². The third kappa shape index (κ3) is 7.36. The number of fused-ring (bicyclic) bond motifs is 1. The smallest absolute Gasteiger partial charge is 0.318 e. The zero-order chi connectivity index (χ0) is 24.7. The monoisotopic (exact) mass is 489 g/mol. The highest BCUT2D eigenvalue weighted by Crippen LogP contribution is 2.33. The number of urea groups is 1. The van der Waals surface area contributed by atoms with E-state index < -0.39 is 5.54 Å². The Balaban J connectivity index is 1.78. The van der Waals surface area contributed by atoms with Gasteiger partial charge in [-0.15, -0.1) is 11.3 Å². The highest BCUT2D eigenvalue weighted by molar-refractivity contribution is 7.10. The molecule has 1 aromatic heterocycles. The quantitative estimate of drug-likeness (QED) is 0.507. The summed E-state index contributed by atoms with van der Waals surface area (Å²) in [4.78, 5) is 31.0. The van der Waals surface area contributed by atoms with Crippen LogP contribution in [0.2, 0.25) is 0 Å². The van der Waals surface area contributed by atoms with Gasteiger partial charge in [0.05, 0.1) is 6.54 Å². The highest BCUT2D eigenvalue weighted by atomic mass is 32.1. The number of ether oxygens (including phenoxy) is 3. The molecule has 2 heterocycles. The lowest BCUT2D eigenvalue weighted by atomic mass is 10.1. The first-order valence-electron chi connectivity index (χ1n) is 11.4. The zero-order valence-corrected chi connectivity index (χ0v) is 21.5. The van der Waals surface area contributed by atoms with Gasteiger partial charge in [0.2, 0.25) is 12.7 Å². The summed E-state index contributed by atoms with van der Waals surface area (Å²) >= 11 is 1.63. The van der Waals surface area contributed by atoms with Gasteiger partial charge >= 0.3 is 6.03 Å². The van der Waals surface area contributed by atoms with Gasteiger partial charge < -0.3 is 29.3 Å². The summed E-state index contributed by atoms with van der Waals surface area (Å²) in [5.41, 5.74) is 1.69. The summed E-state index contributed by atoms with van der Waals surface area (Å²) in [6.07, 6.45) is 0.646. The van der Waals surface area contributed by atoms with Crippen molar-refractivity contribution in [2.75, 3.05) is 33.6 Å². The van der Waals surface area contributed by atoms with E-state index in [0.717, 1.165) is 16.0 Å². The molecular formula is C25H35N3O5S. The Morgan fingerprint density at radius 2 is 1.88 bits per heavy atom. The van der Waals surface area contributed by atoms with E-state index in [-0.39, 0.29) is 25.3 Å². The molecule has 0 atom stereocenters. The maximum absolute atomic E-state index is 13.6. The first kappa shape index (κ1) is 25.8. The van der Waals surface area contributed by atoms with Crippen LogP contribution < -0.4 is 14.8 Å². The minimum Gasteiger partial charge on any atom is -0.454 e. The summed E-state index contributed by atoms with van der Waals surface area (Å²) < 4.78 is 16.1. The largest absolute Gasteiger partial charge is 0.454 e. The molecule has 2 aromatic rings. The van der Waals surface area contributed by atoms with Gasteiger partial charge in [-0.1, -0.05) is 6.07 Å². The van der Waals surface area contributed by atoms with Crippen molar-refractivity contribution < 1.29 is 23.8 Å². The number of hydrogen-bond donors (Lipinski definition) is 1. The average molecular weight is 490 g/mol. The number of methoxy groups -OCH3 is 1. The van der Waals surface area contributed by atoms with Gasteiger partial charge in [0.15, 0.2) is 11.5 Å². The summed E-state index contributed by atoms with van der Waals surface area (Å²) in [5.74, 6) is 1.27. The molecule has 0 saturated carbocycles. The van der Waals surface area contributed by atoms with Crippen LogP contribution in [0.4, 0.5) is 4.79 Å². The molecule has 34 heavy (non-hydrogen) atoms. The van der Waals surface area contributed by atoms with Gasteiger partial charge in [0.25, 0.3) is 0 Å². The van der Waals surface area contributed by atoms with Crippen LogP contribution in [0.25, 0.3) is 0 Å². The number of nitrogens with zero attached hydrogens (tertiary/aromatic N) is 2. The van der Waals surface area contributed by atoms with Crippen LogP contribution in [-0.4, -0.2) is 60.9 Å². The molecule has 3 rings (SSSR count). The van der Waals surface area contributed by atoms with Crippen LogP contribution in [0.5, 0.6) is 11.5 Å². The first-order chi connectivity index (χ1) is 16.2. The molecule has 186 valence electrons. The SMILES string of the molecule is COCCCN(CC(=O)N(Cc1ccc2c(c1)OCO2)Cc1sccc1C)C(=O)NC(C)(C)C. The maximum Gasteiger partial charge on any atom is 0.318 e. The molecule has 3 amide bonds. The minimum atomic E-state index is -0.403. The summed E-state index contributed by atoms with van der Waals surface area (Å²) in [7, 11) is 1.63. The fraction of sp³-hybridized carbons (Fsp3) is 0.520. The standard InChI is InChI=1S/C25H35N3O5S/c1-18-9-12-34-22(18)15-28(14-19-7-8-20-21(13-19)33-17-32-20)23(29)16-27(10-6-11-31-5)24(30)26-25(2,3)4/h7-9,12-13H,6,10-11,14-17H2,1-5H3,(H,26,30). The van der Waals surface area contributed by atoms with E-state index in [4.69, 9.17) is 14.2 Å². The number of hydrogen-bond acceptors (Lipinski definition) is 6. The van der Waals surface area contributed by atoms with Crippen LogP contribution >= 0.6 is 11.3 Å². The molecule has 0 aliphatic carbocycles. The molecule has 0 saturated heterocycles. The lowest BCUT2D eigenvalue weighted by Crippen LogP contribution is -2.51. The van der Waals surface area contributed by atoms with Crippen molar-refractivity contribution in [2.24, 2.45) is 0 Å². The molecule has 0 unspecified atom stereocenters. The molecule has 0 spiro atoms. The number of thiophene rings is 1. The van der Waals surface area contributed by atoms with E-state index in [9.17, 15) is 9.59 Å². The van der Waals surface area contributed by atoms with Crippen LogP contribution in [0, 0.1) is 6.92 Å². The second-order valence-electron chi connectivity index (χ2n) is 9.41. The van der Waals surface area contributed by atoms with Gasteiger partial charge in [0.1, 0.15) is 6.54 Å². The van der Waals surface area contributed by atoms with E-state index in [0.29, 0.717) is 44.2 Å². The van der Waals surface area contributed by atoms with E-state index in [2.05, 4.69) is 11.4 Å². The fourth-order valence-corrected chi connectivity index (χ4v) is 4.47. The molecule has 1 N–H and O–H groups in total. The Morgan fingerprint density at radius 3 is 2.56 bits per heavy atom. The van der Waals surface area contributed by atoms with E-state index in [1.807, 2.05) is 51.3 Å². The fourth-order valence-electron chi connectivity index (χ4n) is 3.55. The number of nitrogens with one attached hydrogen (secondary N) is 1. The summed E-state index contributed by atoms with van der Waals surface area (Å²) in [6, 6.07) is 7.51. The maximum atomic E-state index is 13.6. The molecule has 0 fully saturated rings. The third-order valence-corrected chi connectivity index (χ3v) is 6.35. The Bertz CT molecular complexity index is 985. The normalized spacial score (nSPS) is 12.5. The van der Waals surface area contributed by atoms with Crippen LogP contribution in [0.3, 0.4) is 0 Å². The lowest BCUT2D eigenvalue weighted by Gasteiger charge is -2.30. The molecular weight excluding hydrogens is 454 g/mol. The molecule has 9 heteroatoms. The minimum absolute atomic E-state index is 0.0133. The number of carbonyl (C=O) groups is 2. The Labute approximate surface area is 205 Å². The summed E-state index contributed by atoms with van der Waals surface area (Å²) in [5, 5.41) is 5.00. The van der Waals surface area contributed by atoms with Gasteiger partial charge in [-0.05, 0) is 68.8 Å². The highest BCUT2D eigenvalue weighted by Gasteiger charge is 2.25.